The van der Waals surface area contributed by atoms with Crippen LogP contribution in [0.1, 0.15) is 26.2 Å². The highest BCUT2D eigenvalue weighted by molar-refractivity contribution is 5.75. The first-order chi connectivity index (χ1) is 7.72. The van der Waals surface area contributed by atoms with Crippen LogP contribution in [0.2, 0.25) is 0 Å². The lowest BCUT2D eigenvalue weighted by atomic mass is 10.1. The molecule has 0 aromatic carbocycles. The Bertz CT molecular complexity index is 175. The van der Waals surface area contributed by atoms with E-state index in [0.717, 1.165) is 12.8 Å². The zero-order valence-corrected chi connectivity index (χ0v) is 10.2. The molecule has 0 amide bonds. The molecule has 2 N–H and O–H groups in total. The van der Waals surface area contributed by atoms with E-state index in [1.165, 1.54) is 0 Å². The van der Waals surface area contributed by atoms with Gasteiger partial charge in [0.25, 0.3) is 0 Å². The molecule has 5 heteroatoms. The fourth-order valence-corrected chi connectivity index (χ4v) is 1.09. The molecule has 0 saturated carbocycles. The minimum Gasteiger partial charge on any atom is -0.462 e. The summed E-state index contributed by atoms with van der Waals surface area (Å²) in [6.45, 7) is 3.75. The van der Waals surface area contributed by atoms with E-state index < -0.39 is 6.04 Å². The Morgan fingerprint density at radius 2 is 1.94 bits per heavy atom. The van der Waals surface area contributed by atoms with Crippen LogP contribution in [-0.4, -0.2) is 45.5 Å². The predicted octanol–water partition coefficient (Wildman–Crippen LogP) is 0.710. The van der Waals surface area contributed by atoms with E-state index >= 15 is 0 Å². The molecule has 16 heavy (non-hydrogen) atoms. The smallest absolute Gasteiger partial charge is 0.322 e. The molecule has 0 radical (unpaired) electrons. The van der Waals surface area contributed by atoms with Crippen LogP contribution in [0.15, 0.2) is 0 Å². The maximum atomic E-state index is 11.3. The summed E-state index contributed by atoms with van der Waals surface area (Å²) in [5.74, 6) is -0.344. The average molecular weight is 233 g/mol. The van der Waals surface area contributed by atoms with Crippen molar-refractivity contribution in [3.63, 3.8) is 0 Å². The van der Waals surface area contributed by atoms with Gasteiger partial charge in [-0.2, -0.15) is 0 Å². The number of methoxy groups -OCH3 is 1. The van der Waals surface area contributed by atoms with Crippen LogP contribution in [0, 0.1) is 0 Å². The van der Waals surface area contributed by atoms with Gasteiger partial charge in [-0.1, -0.05) is 19.8 Å². The third kappa shape index (κ3) is 8.64. The van der Waals surface area contributed by atoms with E-state index in [9.17, 15) is 4.79 Å². The van der Waals surface area contributed by atoms with E-state index in [2.05, 4.69) is 6.92 Å². The highest BCUT2D eigenvalue weighted by Crippen LogP contribution is 1.99. The monoisotopic (exact) mass is 233 g/mol. The van der Waals surface area contributed by atoms with Crippen LogP contribution in [0.3, 0.4) is 0 Å². The predicted molar refractivity (Wildman–Crippen MR) is 61.2 cm³/mol. The van der Waals surface area contributed by atoms with Crippen molar-refractivity contribution >= 4 is 5.97 Å². The van der Waals surface area contributed by atoms with Gasteiger partial charge in [0.15, 0.2) is 0 Å². The first-order valence-electron chi connectivity index (χ1n) is 5.71. The van der Waals surface area contributed by atoms with Gasteiger partial charge in [0, 0.05) is 7.11 Å². The number of carbonyl (C=O) groups excluding carboxylic acids is 1. The molecule has 5 nitrogen and oxygen atoms in total. The van der Waals surface area contributed by atoms with Crippen molar-refractivity contribution in [2.24, 2.45) is 5.73 Å². The van der Waals surface area contributed by atoms with E-state index in [1.807, 2.05) is 0 Å². The first kappa shape index (κ1) is 15.3. The van der Waals surface area contributed by atoms with Crippen LogP contribution < -0.4 is 5.73 Å². The molecule has 0 aliphatic carbocycles. The Balaban J connectivity index is 3.35. The zero-order valence-electron chi connectivity index (χ0n) is 10.2. The Kier molecular flexibility index (Phi) is 10.4. The summed E-state index contributed by atoms with van der Waals surface area (Å²) < 4.78 is 14.9. The Labute approximate surface area is 97.2 Å². The van der Waals surface area contributed by atoms with Crippen LogP contribution in [0.25, 0.3) is 0 Å². The van der Waals surface area contributed by atoms with Crippen molar-refractivity contribution in [1.82, 2.24) is 0 Å². The summed E-state index contributed by atoms with van der Waals surface area (Å²) in [4.78, 5) is 11.3. The zero-order chi connectivity index (χ0) is 12.2. The number of esters is 1. The Morgan fingerprint density at radius 3 is 2.56 bits per heavy atom. The quantitative estimate of drug-likeness (QED) is 0.444. The molecule has 0 heterocycles. The molecule has 0 bridgehead atoms. The summed E-state index contributed by atoms with van der Waals surface area (Å²) in [5, 5.41) is 0. The second-order valence-electron chi connectivity index (χ2n) is 3.52. The van der Waals surface area contributed by atoms with Gasteiger partial charge in [0.1, 0.15) is 12.6 Å². The lowest BCUT2D eigenvalue weighted by Crippen LogP contribution is -2.32. The van der Waals surface area contributed by atoms with Crippen molar-refractivity contribution in [2.75, 3.05) is 33.5 Å². The summed E-state index contributed by atoms with van der Waals surface area (Å²) >= 11 is 0. The largest absolute Gasteiger partial charge is 0.462 e. The highest BCUT2D eigenvalue weighted by Gasteiger charge is 2.13. The van der Waals surface area contributed by atoms with E-state index in [4.69, 9.17) is 19.9 Å². The van der Waals surface area contributed by atoms with Crippen molar-refractivity contribution in [1.29, 1.82) is 0 Å². The molecule has 0 fully saturated rings. The fourth-order valence-electron chi connectivity index (χ4n) is 1.09. The van der Waals surface area contributed by atoms with Crippen molar-refractivity contribution in [2.45, 2.75) is 32.2 Å². The van der Waals surface area contributed by atoms with Gasteiger partial charge in [-0.15, -0.1) is 0 Å². The second-order valence-corrected chi connectivity index (χ2v) is 3.52. The molecule has 0 aliphatic rings. The lowest BCUT2D eigenvalue weighted by Gasteiger charge is -2.10. The number of rotatable bonds is 10. The standard InChI is InChI=1S/C11H23NO4/c1-3-4-5-10(12)11(13)16-9-8-15-7-6-14-2/h10H,3-9,12H2,1-2H3/t10-/m0/s1. The second kappa shape index (κ2) is 10.9. The molecule has 0 spiro atoms. The number of nitrogens with two attached hydrogens (primary N) is 1. The minimum absolute atomic E-state index is 0.252. The fraction of sp³-hybridized carbons (Fsp3) is 0.909. The van der Waals surface area contributed by atoms with Crippen molar-refractivity contribution < 1.29 is 19.0 Å². The lowest BCUT2D eigenvalue weighted by molar-refractivity contribution is -0.147. The molecular formula is C11H23NO4. The maximum absolute atomic E-state index is 11.3. The minimum atomic E-state index is -0.501. The van der Waals surface area contributed by atoms with Gasteiger partial charge in [0.2, 0.25) is 0 Å². The number of hydrogen-bond donors (Lipinski definition) is 1. The summed E-state index contributed by atoms with van der Waals surface area (Å²) in [7, 11) is 1.61. The van der Waals surface area contributed by atoms with Crippen LogP contribution >= 0.6 is 0 Å². The average Bonchev–Trinajstić information content (AvgIpc) is 2.30. The number of hydrogen-bond acceptors (Lipinski definition) is 5. The van der Waals surface area contributed by atoms with E-state index in [-0.39, 0.29) is 12.6 Å². The number of ether oxygens (including phenoxy) is 3. The highest BCUT2D eigenvalue weighted by atomic mass is 16.6. The molecule has 96 valence electrons. The van der Waals surface area contributed by atoms with Gasteiger partial charge in [-0.25, -0.2) is 0 Å². The van der Waals surface area contributed by atoms with Crippen molar-refractivity contribution in [3.05, 3.63) is 0 Å². The number of unbranched alkanes of at least 4 members (excludes halogenated alkanes) is 1. The van der Waals surface area contributed by atoms with Gasteiger partial charge in [-0.3, -0.25) is 4.79 Å². The summed E-state index contributed by atoms with van der Waals surface area (Å²) in [5.41, 5.74) is 5.63. The third-order valence-corrected chi connectivity index (χ3v) is 2.08. The van der Waals surface area contributed by atoms with E-state index in [0.29, 0.717) is 26.2 Å². The van der Waals surface area contributed by atoms with Gasteiger partial charge < -0.3 is 19.9 Å². The Hall–Kier alpha value is -0.650. The third-order valence-electron chi connectivity index (χ3n) is 2.08. The summed E-state index contributed by atoms with van der Waals surface area (Å²) in [6.07, 6.45) is 2.65. The normalized spacial score (nSPS) is 12.4. The molecule has 0 unspecified atom stereocenters. The van der Waals surface area contributed by atoms with Crippen molar-refractivity contribution in [3.8, 4) is 0 Å². The van der Waals surface area contributed by atoms with Gasteiger partial charge >= 0.3 is 5.97 Å². The van der Waals surface area contributed by atoms with Crippen LogP contribution in [-0.2, 0) is 19.0 Å². The van der Waals surface area contributed by atoms with Gasteiger partial charge in [-0.05, 0) is 6.42 Å². The molecule has 1 atom stereocenters. The maximum Gasteiger partial charge on any atom is 0.322 e. The van der Waals surface area contributed by atoms with E-state index in [1.54, 1.807) is 7.11 Å². The SMILES string of the molecule is CCCC[C@H](N)C(=O)OCCOCCOC. The molecule has 0 saturated heterocycles. The summed E-state index contributed by atoms with van der Waals surface area (Å²) in [6, 6.07) is -0.501. The molecular weight excluding hydrogens is 210 g/mol. The van der Waals surface area contributed by atoms with Crippen LogP contribution in [0.4, 0.5) is 0 Å². The number of carbonyl (C=O) groups is 1. The molecule has 0 aromatic heterocycles. The molecule has 0 aliphatic heterocycles. The molecule has 0 aromatic rings. The Morgan fingerprint density at radius 1 is 1.25 bits per heavy atom. The molecule has 0 rings (SSSR count). The topological polar surface area (TPSA) is 70.8 Å². The van der Waals surface area contributed by atoms with Crippen LogP contribution in [0.5, 0.6) is 0 Å². The van der Waals surface area contributed by atoms with Gasteiger partial charge in [0.05, 0.1) is 19.8 Å². The first-order valence-corrected chi connectivity index (χ1v) is 5.71.